The molecular weight excluding hydrogens is 314 g/mol. The Bertz CT molecular complexity index is 784. The van der Waals surface area contributed by atoms with Gasteiger partial charge in [0.1, 0.15) is 4.90 Å². The molecule has 1 heterocycles. The number of nitrogens with zero attached hydrogens (tertiary/aromatic N) is 2. The van der Waals surface area contributed by atoms with E-state index in [-0.39, 0.29) is 4.90 Å². The molecule has 0 unspecified atom stereocenters. The topological polar surface area (TPSA) is 102 Å². The van der Waals surface area contributed by atoms with Crippen molar-refractivity contribution in [3.8, 4) is 0 Å². The average Bonchev–Trinajstić information content (AvgIpc) is 2.81. The van der Waals surface area contributed by atoms with Gasteiger partial charge in [-0.1, -0.05) is 0 Å². The molecule has 0 amide bonds. The van der Waals surface area contributed by atoms with Crippen molar-refractivity contribution in [2.45, 2.75) is 18.4 Å². The SMILES string of the molecule is Cc1nc(CNc2ccc([N+](=O)[O-])c(S(C)(=O)=O)c2)cs1. The van der Waals surface area contributed by atoms with Crippen molar-refractivity contribution in [1.29, 1.82) is 0 Å². The van der Waals surface area contributed by atoms with Crippen LogP contribution in [0.25, 0.3) is 0 Å². The summed E-state index contributed by atoms with van der Waals surface area (Å²) in [5.74, 6) is 0. The summed E-state index contributed by atoms with van der Waals surface area (Å²) in [7, 11) is -3.68. The molecule has 0 atom stereocenters. The van der Waals surface area contributed by atoms with E-state index in [4.69, 9.17) is 0 Å². The molecule has 0 spiro atoms. The van der Waals surface area contributed by atoms with Gasteiger partial charge >= 0.3 is 0 Å². The minimum Gasteiger partial charge on any atom is -0.379 e. The molecular formula is C12H13N3O4S2. The third-order valence-electron chi connectivity index (χ3n) is 2.70. The third kappa shape index (κ3) is 3.76. The van der Waals surface area contributed by atoms with Crippen LogP contribution in [-0.4, -0.2) is 24.6 Å². The zero-order valence-corrected chi connectivity index (χ0v) is 13.0. The number of hydrogen-bond acceptors (Lipinski definition) is 7. The summed E-state index contributed by atoms with van der Waals surface area (Å²) < 4.78 is 23.3. The second-order valence-electron chi connectivity index (χ2n) is 4.42. The average molecular weight is 327 g/mol. The van der Waals surface area contributed by atoms with E-state index < -0.39 is 20.4 Å². The van der Waals surface area contributed by atoms with Crippen molar-refractivity contribution in [2.75, 3.05) is 11.6 Å². The molecule has 0 fully saturated rings. The lowest BCUT2D eigenvalue weighted by atomic mass is 10.3. The third-order valence-corrected chi connectivity index (χ3v) is 4.64. The van der Waals surface area contributed by atoms with Crippen molar-refractivity contribution in [3.63, 3.8) is 0 Å². The molecule has 2 aromatic rings. The number of rotatable bonds is 5. The second-order valence-corrected chi connectivity index (χ2v) is 7.47. The first-order chi connectivity index (χ1) is 9.77. The first kappa shape index (κ1) is 15.4. The number of anilines is 1. The molecule has 2 rings (SSSR count). The molecule has 1 aromatic carbocycles. The molecule has 1 N–H and O–H groups in total. The number of thiazole rings is 1. The molecule has 0 aliphatic heterocycles. The Kier molecular flexibility index (Phi) is 4.24. The van der Waals surface area contributed by atoms with Crippen molar-refractivity contribution in [1.82, 2.24) is 4.98 Å². The first-order valence-electron chi connectivity index (χ1n) is 5.91. The fourth-order valence-corrected chi connectivity index (χ4v) is 3.23. The van der Waals surface area contributed by atoms with Crippen molar-refractivity contribution in [3.05, 3.63) is 44.4 Å². The summed E-state index contributed by atoms with van der Waals surface area (Å²) in [6.07, 6.45) is 0.947. The Morgan fingerprint density at radius 1 is 1.43 bits per heavy atom. The molecule has 112 valence electrons. The zero-order chi connectivity index (χ0) is 15.6. The quantitative estimate of drug-likeness (QED) is 0.668. The van der Waals surface area contributed by atoms with Gasteiger partial charge in [0.25, 0.3) is 5.69 Å². The van der Waals surface area contributed by atoms with Crippen LogP contribution in [0.15, 0.2) is 28.5 Å². The van der Waals surface area contributed by atoms with Crippen LogP contribution in [0.3, 0.4) is 0 Å². The van der Waals surface area contributed by atoms with Crippen molar-refractivity contribution in [2.24, 2.45) is 0 Å². The van der Waals surface area contributed by atoms with E-state index in [2.05, 4.69) is 10.3 Å². The minimum absolute atomic E-state index is 0.299. The molecule has 0 saturated carbocycles. The predicted molar refractivity (Wildman–Crippen MR) is 80.4 cm³/mol. The summed E-state index contributed by atoms with van der Waals surface area (Å²) in [6, 6.07) is 3.93. The highest BCUT2D eigenvalue weighted by Crippen LogP contribution is 2.27. The summed E-state index contributed by atoms with van der Waals surface area (Å²) in [5, 5.41) is 16.7. The zero-order valence-electron chi connectivity index (χ0n) is 11.4. The van der Waals surface area contributed by atoms with Gasteiger partial charge in [0.2, 0.25) is 0 Å². The number of hydrogen-bond donors (Lipinski definition) is 1. The first-order valence-corrected chi connectivity index (χ1v) is 8.68. The van der Waals surface area contributed by atoms with E-state index in [1.54, 1.807) is 0 Å². The van der Waals surface area contributed by atoms with Gasteiger partial charge in [0, 0.05) is 23.4 Å². The molecule has 7 nitrogen and oxygen atoms in total. The van der Waals surface area contributed by atoms with E-state index in [0.29, 0.717) is 12.2 Å². The fraction of sp³-hybridized carbons (Fsp3) is 0.250. The predicted octanol–water partition coefficient (Wildman–Crippen LogP) is 2.38. The number of sulfone groups is 1. The maximum Gasteiger partial charge on any atom is 0.288 e. The highest BCUT2D eigenvalue weighted by molar-refractivity contribution is 7.90. The van der Waals surface area contributed by atoms with Crippen LogP contribution in [0.1, 0.15) is 10.7 Å². The van der Waals surface area contributed by atoms with Crippen molar-refractivity contribution >= 4 is 32.5 Å². The molecule has 0 radical (unpaired) electrons. The molecule has 9 heteroatoms. The van der Waals surface area contributed by atoms with Gasteiger partial charge in [-0.05, 0) is 19.1 Å². The maximum absolute atomic E-state index is 11.6. The van der Waals surface area contributed by atoms with Crippen LogP contribution < -0.4 is 5.32 Å². The Morgan fingerprint density at radius 2 is 2.14 bits per heavy atom. The van der Waals surface area contributed by atoms with Crippen LogP contribution in [0.2, 0.25) is 0 Å². The summed E-state index contributed by atoms with van der Waals surface area (Å²) in [4.78, 5) is 14.1. The van der Waals surface area contributed by atoms with E-state index in [0.717, 1.165) is 17.0 Å². The van der Waals surface area contributed by atoms with Gasteiger partial charge in [-0.15, -0.1) is 11.3 Å². The summed E-state index contributed by atoms with van der Waals surface area (Å²) in [6.45, 7) is 2.31. The van der Waals surface area contributed by atoms with Gasteiger partial charge < -0.3 is 5.32 Å². The van der Waals surface area contributed by atoms with Gasteiger partial charge in [-0.2, -0.15) is 0 Å². The van der Waals surface area contributed by atoms with Crippen LogP contribution in [-0.2, 0) is 16.4 Å². The molecule has 0 bridgehead atoms. The number of nitro groups is 1. The summed E-state index contributed by atoms with van der Waals surface area (Å²) in [5.41, 5.74) is 0.899. The largest absolute Gasteiger partial charge is 0.379 e. The number of benzene rings is 1. The lowest BCUT2D eigenvalue weighted by Crippen LogP contribution is -2.05. The smallest absolute Gasteiger partial charge is 0.288 e. The molecule has 0 saturated heterocycles. The maximum atomic E-state index is 11.6. The van der Waals surface area contributed by atoms with Crippen LogP contribution in [0.5, 0.6) is 0 Å². The monoisotopic (exact) mass is 327 g/mol. The number of nitro benzene ring substituents is 1. The Balaban J connectivity index is 2.27. The Hall–Kier alpha value is -2.00. The van der Waals surface area contributed by atoms with Gasteiger partial charge in [-0.25, -0.2) is 13.4 Å². The number of aryl methyl sites for hydroxylation is 1. The van der Waals surface area contributed by atoms with E-state index in [1.165, 1.54) is 29.5 Å². The van der Waals surface area contributed by atoms with Gasteiger partial charge in [0.15, 0.2) is 9.84 Å². The normalized spacial score (nSPS) is 11.3. The van der Waals surface area contributed by atoms with Crippen LogP contribution >= 0.6 is 11.3 Å². The standard InChI is InChI=1S/C12H13N3O4S2/c1-8-14-10(7-20-8)6-13-9-3-4-11(15(16)17)12(5-9)21(2,18)19/h3-5,7,13H,6H2,1-2H3. The van der Waals surface area contributed by atoms with E-state index >= 15 is 0 Å². The van der Waals surface area contributed by atoms with E-state index in [1.807, 2.05) is 12.3 Å². The highest BCUT2D eigenvalue weighted by atomic mass is 32.2. The van der Waals surface area contributed by atoms with E-state index in [9.17, 15) is 18.5 Å². The fourth-order valence-electron chi connectivity index (χ4n) is 1.75. The number of aromatic nitrogens is 1. The van der Waals surface area contributed by atoms with Crippen LogP contribution in [0.4, 0.5) is 11.4 Å². The molecule has 1 aromatic heterocycles. The van der Waals surface area contributed by atoms with Gasteiger partial charge in [0.05, 0.1) is 22.2 Å². The summed E-state index contributed by atoms with van der Waals surface area (Å²) >= 11 is 1.52. The minimum atomic E-state index is -3.68. The molecule has 0 aliphatic rings. The van der Waals surface area contributed by atoms with Gasteiger partial charge in [-0.3, -0.25) is 10.1 Å². The number of nitrogens with one attached hydrogen (secondary N) is 1. The molecule has 21 heavy (non-hydrogen) atoms. The highest BCUT2D eigenvalue weighted by Gasteiger charge is 2.22. The Morgan fingerprint density at radius 3 is 2.67 bits per heavy atom. The lowest BCUT2D eigenvalue weighted by Gasteiger charge is -2.07. The Labute approximate surface area is 125 Å². The molecule has 0 aliphatic carbocycles. The van der Waals surface area contributed by atoms with Crippen molar-refractivity contribution < 1.29 is 13.3 Å². The lowest BCUT2D eigenvalue weighted by molar-refractivity contribution is -0.387. The second kappa shape index (κ2) is 5.78. The van der Waals surface area contributed by atoms with Crippen LogP contribution in [0, 0.1) is 17.0 Å².